The molecule has 1 rings (SSSR count). The van der Waals surface area contributed by atoms with Crippen LogP contribution in [-0.4, -0.2) is 35.1 Å². The second-order valence-corrected chi connectivity index (χ2v) is 4.34. The van der Waals surface area contributed by atoms with Gasteiger partial charge in [0.05, 0.1) is 12.0 Å². The smallest absolute Gasteiger partial charge is 0.331 e. The maximum atomic E-state index is 11.7. The Balaban J connectivity index is 3.12. The van der Waals surface area contributed by atoms with E-state index in [1.54, 1.807) is 0 Å². The van der Waals surface area contributed by atoms with Crippen LogP contribution < -0.4 is 5.32 Å². The molecule has 1 aromatic rings. The summed E-state index contributed by atoms with van der Waals surface area (Å²) in [4.78, 5) is 32.3. The van der Waals surface area contributed by atoms with Gasteiger partial charge in [0.1, 0.15) is 5.54 Å². The van der Waals surface area contributed by atoms with Crippen molar-refractivity contribution in [2.24, 2.45) is 0 Å². The number of nitro groups is 1. The molecule has 8 nitrogen and oxygen atoms in total. The Morgan fingerprint density at radius 2 is 2.25 bits per heavy atom. The molecular formula is C12H14N2O6. The molecule has 0 spiro atoms. The number of hydrogen-bond donors (Lipinski definition) is 2. The van der Waals surface area contributed by atoms with Crippen molar-refractivity contribution in [1.29, 1.82) is 0 Å². The van der Waals surface area contributed by atoms with Crippen molar-refractivity contribution >= 4 is 18.1 Å². The molecule has 0 aliphatic heterocycles. The van der Waals surface area contributed by atoms with Gasteiger partial charge in [0.15, 0.2) is 5.75 Å². The number of nitrogens with zero attached hydrogens (tertiary/aromatic N) is 1. The summed E-state index contributed by atoms with van der Waals surface area (Å²) in [6.45, 7) is 1.44. The number of rotatable bonds is 6. The number of carbonyl (C=O) groups is 2. The van der Waals surface area contributed by atoms with Crippen molar-refractivity contribution in [3.05, 3.63) is 33.9 Å². The molecule has 0 unspecified atom stereocenters. The highest BCUT2D eigenvalue weighted by Crippen LogP contribution is 2.28. The maximum Gasteiger partial charge on any atom is 0.331 e. The maximum absolute atomic E-state index is 11.7. The molecule has 2 N–H and O–H groups in total. The van der Waals surface area contributed by atoms with Gasteiger partial charge >= 0.3 is 11.7 Å². The molecule has 1 aromatic carbocycles. The van der Waals surface area contributed by atoms with Crippen LogP contribution in [0.3, 0.4) is 0 Å². The Hall–Kier alpha value is -2.64. The third-order valence-corrected chi connectivity index (χ3v) is 2.81. The number of amides is 1. The van der Waals surface area contributed by atoms with Crippen LogP contribution in [0.4, 0.5) is 5.69 Å². The van der Waals surface area contributed by atoms with E-state index in [1.807, 2.05) is 0 Å². The van der Waals surface area contributed by atoms with Crippen LogP contribution in [0.5, 0.6) is 5.75 Å². The van der Waals surface area contributed by atoms with E-state index >= 15 is 0 Å². The van der Waals surface area contributed by atoms with Gasteiger partial charge in [-0.2, -0.15) is 0 Å². The van der Waals surface area contributed by atoms with E-state index in [9.17, 15) is 24.8 Å². The van der Waals surface area contributed by atoms with Crippen molar-refractivity contribution in [3.63, 3.8) is 0 Å². The third-order valence-electron chi connectivity index (χ3n) is 2.81. The fourth-order valence-electron chi connectivity index (χ4n) is 1.77. The average molecular weight is 282 g/mol. The Morgan fingerprint density at radius 1 is 1.60 bits per heavy atom. The number of aromatic hydroxyl groups is 1. The zero-order chi connectivity index (χ0) is 15.3. The number of methoxy groups -OCH3 is 1. The van der Waals surface area contributed by atoms with E-state index in [-0.39, 0.29) is 6.42 Å². The first kappa shape index (κ1) is 15.4. The van der Waals surface area contributed by atoms with Crippen LogP contribution in [0.15, 0.2) is 18.2 Å². The van der Waals surface area contributed by atoms with Crippen LogP contribution in [0, 0.1) is 10.1 Å². The van der Waals surface area contributed by atoms with Crippen molar-refractivity contribution in [2.45, 2.75) is 18.9 Å². The van der Waals surface area contributed by atoms with Gasteiger partial charge in [0, 0.05) is 12.5 Å². The van der Waals surface area contributed by atoms with E-state index in [0.29, 0.717) is 12.0 Å². The van der Waals surface area contributed by atoms with E-state index in [1.165, 1.54) is 20.1 Å². The van der Waals surface area contributed by atoms with Gasteiger partial charge in [0.25, 0.3) is 0 Å². The summed E-state index contributed by atoms with van der Waals surface area (Å²) in [5.41, 5.74) is -1.42. The zero-order valence-electron chi connectivity index (χ0n) is 11.0. The highest BCUT2D eigenvalue weighted by Gasteiger charge is 2.34. The molecule has 1 amide bonds. The molecule has 0 saturated carbocycles. The fourth-order valence-corrected chi connectivity index (χ4v) is 1.77. The minimum absolute atomic E-state index is 0.0144. The van der Waals surface area contributed by atoms with Gasteiger partial charge in [0.2, 0.25) is 6.41 Å². The van der Waals surface area contributed by atoms with Gasteiger partial charge in [-0.15, -0.1) is 0 Å². The Morgan fingerprint density at radius 3 is 2.75 bits per heavy atom. The SMILES string of the molecule is COC(=O)[C@@](C)(Cc1ccc(O)c([N+](=O)[O-])c1)NC=O. The van der Waals surface area contributed by atoms with Crippen molar-refractivity contribution in [3.8, 4) is 5.75 Å². The summed E-state index contributed by atoms with van der Waals surface area (Å²) in [7, 11) is 1.17. The second-order valence-electron chi connectivity index (χ2n) is 4.34. The molecule has 0 aliphatic carbocycles. The molecule has 0 aromatic heterocycles. The van der Waals surface area contributed by atoms with E-state index < -0.39 is 27.9 Å². The van der Waals surface area contributed by atoms with Crippen LogP contribution >= 0.6 is 0 Å². The standard InChI is InChI=1S/C12H14N2O6/c1-12(13-7-15,11(17)20-2)6-8-3-4-10(16)9(5-8)14(18)19/h3-5,7,16H,6H2,1-2H3,(H,13,15)/t12-/m1/s1. The lowest BCUT2D eigenvalue weighted by molar-refractivity contribution is -0.385. The third kappa shape index (κ3) is 3.22. The fraction of sp³-hybridized carbons (Fsp3) is 0.333. The van der Waals surface area contributed by atoms with Crippen molar-refractivity contribution in [1.82, 2.24) is 5.32 Å². The van der Waals surface area contributed by atoms with Gasteiger partial charge in [-0.05, 0) is 18.6 Å². The Bertz CT molecular complexity index is 545. The lowest BCUT2D eigenvalue weighted by Crippen LogP contribution is -2.51. The largest absolute Gasteiger partial charge is 0.502 e. The molecule has 0 aliphatic rings. The number of hydrogen-bond acceptors (Lipinski definition) is 6. The molecule has 0 saturated heterocycles. The number of phenolic OH excluding ortho intramolecular Hbond substituents is 1. The van der Waals surface area contributed by atoms with Gasteiger partial charge < -0.3 is 15.2 Å². The van der Waals surface area contributed by atoms with E-state index in [4.69, 9.17) is 0 Å². The molecule has 0 bridgehead atoms. The molecule has 1 atom stereocenters. The average Bonchev–Trinajstić information content (AvgIpc) is 2.40. The number of carbonyl (C=O) groups excluding carboxylic acids is 2. The lowest BCUT2D eigenvalue weighted by Gasteiger charge is -2.25. The molecule has 108 valence electrons. The number of benzene rings is 1. The van der Waals surface area contributed by atoms with Crippen LogP contribution in [0.1, 0.15) is 12.5 Å². The van der Waals surface area contributed by atoms with Gasteiger partial charge in [-0.25, -0.2) is 4.79 Å². The van der Waals surface area contributed by atoms with E-state index in [2.05, 4.69) is 10.1 Å². The summed E-state index contributed by atoms with van der Waals surface area (Å²) in [5, 5.41) is 22.4. The van der Waals surface area contributed by atoms with E-state index in [0.717, 1.165) is 12.1 Å². The first-order valence-electron chi connectivity index (χ1n) is 5.60. The van der Waals surface area contributed by atoms with Gasteiger partial charge in [-0.3, -0.25) is 14.9 Å². The number of nitrogens with one attached hydrogen (secondary N) is 1. The first-order valence-corrected chi connectivity index (χ1v) is 5.60. The number of phenols is 1. The summed E-state index contributed by atoms with van der Waals surface area (Å²) in [5.74, 6) is -1.15. The summed E-state index contributed by atoms with van der Waals surface area (Å²) in [6.07, 6.45) is 0.339. The van der Waals surface area contributed by atoms with Gasteiger partial charge in [-0.1, -0.05) is 6.07 Å². The number of esters is 1. The normalized spacial score (nSPS) is 13.1. The molecule has 0 heterocycles. The second kappa shape index (κ2) is 6.00. The molecular weight excluding hydrogens is 268 g/mol. The Labute approximate surface area is 114 Å². The van der Waals surface area contributed by atoms with Crippen molar-refractivity contribution < 1.29 is 24.4 Å². The van der Waals surface area contributed by atoms with Crippen LogP contribution in [-0.2, 0) is 20.7 Å². The summed E-state index contributed by atoms with van der Waals surface area (Å²) >= 11 is 0. The highest BCUT2D eigenvalue weighted by molar-refractivity contribution is 5.83. The molecule has 20 heavy (non-hydrogen) atoms. The van der Waals surface area contributed by atoms with Crippen molar-refractivity contribution in [2.75, 3.05) is 7.11 Å². The molecule has 0 radical (unpaired) electrons. The van der Waals surface area contributed by atoms with Crippen LogP contribution in [0.2, 0.25) is 0 Å². The minimum Gasteiger partial charge on any atom is -0.502 e. The zero-order valence-corrected chi connectivity index (χ0v) is 11.0. The quantitative estimate of drug-likeness (QED) is 0.340. The lowest BCUT2D eigenvalue weighted by atomic mass is 9.92. The number of nitro benzene ring substituents is 1. The predicted molar refractivity (Wildman–Crippen MR) is 68.1 cm³/mol. The topological polar surface area (TPSA) is 119 Å². The summed E-state index contributed by atoms with van der Waals surface area (Å²) < 4.78 is 4.60. The highest BCUT2D eigenvalue weighted by atomic mass is 16.6. The minimum atomic E-state index is -1.35. The monoisotopic (exact) mass is 282 g/mol. The molecule has 0 fully saturated rings. The predicted octanol–water partition coefficient (Wildman–Crippen LogP) is 0.521. The van der Waals surface area contributed by atoms with Crippen LogP contribution in [0.25, 0.3) is 0 Å². The first-order chi connectivity index (χ1) is 9.34. The Kier molecular flexibility index (Phi) is 4.63. The number of ether oxygens (including phenoxy) is 1. The summed E-state index contributed by atoms with van der Waals surface area (Å²) in [6, 6.07) is 3.73. The molecule has 8 heteroatoms.